The standard InChI is InChI=1S/C15H24N2O2/c1-2-17-12-14(11-16-17)19-13-6-9-18-15(10-13)7-4-3-5-8-15/h11-13H,2-10H2,1H3. The third kappa shape index (κ3) is 2.94. The maximum absolute atomic E-state index is 6.10. The van der Waals surface area contributed by atoms with E-state index < -0.39 is 0 Å². The largest absolute Gasteiger partial charge is 0.487 e. The molecular formula is C15H24N2O2. The Labute approximate surface area is 115 Å². The van der Waals surface area contributed by atoms with Crippen molar-refractivity contribution in [2.45, 2.75) is 70.1 Å². The van der Waals surface area contributed by atoms with Crippen molar-refractivity contribution in [3.63, 3.8) is 0 Å². The molecule has 1 aliphatic heterocycles. The molecule has 1 aromatic heterocycles. The summed E-state index contributed by atoms with van der Waals surface area (Å²) >= 11 is 0. The fourth-order valence-electron chi connectivity index (χ4n) is 3.40. The minimum atomic E-state index is 0.113. The molecule has 4 heteroatoms. The van der Waals surface area contributed by atoms with Crippen LogP contribution >= 0.6 is 0 Å². The molecule has 3 rings (SSSR count). The summed E-state index contributed by atoms with van der Waals surface area (Å²) in [7, 11) is 0. The van der Waals surface area contributed by atoms with Gasteiger partial charge in [0.05, 0.1) is 24.6 Å². The first-order valence-electron chi connectivity index (χ1n) is 7.63. The average Bonchev–Trinajstić information content (AvgIpc) is 2.87. The van der Waals surface area contributed by atoms with E-state index in [9.17, 15) is 0 Å². The monoisotopic (exact) mass is 264 g/mol. The molecule has 2 aliphatic rings. The maximum Gasteiger partial charge on any atom is 0.157 e. The van der Waals surface area contributed by atoms with Gasteiger partial charge in [0.1, 0.15) is 6.10 Å². The van der Waals surface area contributed by atoms with Gasteiger partial charge in [-0.1, -0.05) is 19.3 Å². The number of rotatable bonds is 3. The van der Waals surface area contributed by atoms with Crippen molar-refractivity contribution in [3.05, 3.63) is 12.4 Å². The molecule has 4 nitrogen and oxygen atoms in total. The van der Waals surface area contributed by atoms with Gasteiger partial charge < -0.3 is 9.47 Å². The summed E-state index contributed by atoms with van der Waals surface area (Å²) in [5.74, 6) is 0.903. The smallest absolute Gasteiger partial charge is 0.157 e. The van der Waals surface area contributed by atoms with E-state index in [-0.39, 0.29) is 5.60 Å². The first kappa shape index (κ1) is 13.0. The fraction of sp³-hybridized carbons (Fsp3) is 0.800. The van der Waals surface area contributed by atoms with E-state index in [1.165, 1.54) is 32.1 Å². The highest BCUT2D eigenvalue weighted by Gasteiger charge is 2.39. The van der Waals surface area contributed by atoms with Gasteiger partial charge in [-0.15, -0.1) is 0 Å². The van der Waals surface area contributed by atoms with Gasteiger partial charge in [0.2, 0.25) is 0 Å². The molecule has 19 heavy (non-hydrogen) atoms. The second kappa shape index (κ2) is 5.53. The predicted molar refractivity (Wildman–Crippen MR) is 73.3 cm³/mol. The van der Waals surface area contributed by atoms with Crippen LogP contribution in [0.15, 0.2) is 12.4 Å². The van der Waals surface area contributed by atoms with Crippen molar-refractivity contribution in [2.75, 3.05) is 6.61 Å². The van der Waals surface area contributed by atoms with Crippen LogP contribution in [0, 0.1) is 0 Å². The van der Waals surface area contributed by atoms with Crippen LogP contribution in [-0.2, 0) is 11.3 Å². The third-order valence-corrected chi connectivity index (χ3v) is 4.45. The molecular weight excluding hydrogens is 240 g/mol. The first-order valence-corrected chi connectivity index (χ1v) is 7.63. The molecule has 1 saturated carbocycles. The lowest BCUT2D eigenvalue weighted by molar-refractivity contribution is -0.129. The zero-order valence-electron chi connectivity index (χ0n) is 11.8. The van der Waals surface area contributed by atoms with Crippen LogP contribution < -0.4 is 4.74 Å². The second-order valence-electron chi connectivity index (χ2n) is 5.86. The molecule has 0 amide bonds. The van der Waals surface area contributed by atoms with Crippen molar-refractivity contribution in [2.24, 2.45) is 0 Å². The van der Waals surface area contributed by atoms with E-state index in [4.69, 9.17) is 9.47 Å². The van der Waals surface area contributed by atoms with Crippen LogP contribution in [0.2, 0.25) is 0 Å². The van der Waals surface area contributed by atoms with Crippen LogP contribution in [0.3, 0.4) is 0 Å². The Hall–Kier alpha value is -1.03. The van der Waals surface area contributed by atoms with E-state index in [0.29, 0.717) is 6.10 Å². The van der Waals surface area contributed by atoms with Crippen LogP contribution in [0.1, 0.15) is 51.9 Å². The summed E-state index contributed by atoms with van der Waals surface area (Å²) < 4.78 is 14.1. The molecule has 2 heterocycles. The lowest BCUT2D eigenvalue weighted by Gasteiger charge is -2.43. The number of hydrogen-bond acceptors (Lipinski definition) is 3. The van der Waals surface area contributed by atoms with Crippen molar-refractivity contribution < 1.29 is 9.47 Å². The summed E-state index contributed by atoms with van der Waals surface area (Å²) in [4.78, 5) is 0. The Morgan fingerprint density at radius 1 is 1.42 bits per heavy atom. The van der Waals surface area contributed by atoms with Crippen molar-refractivity contribution in [3.8, 4) is 5.75 Å². The maximum atomic E-state index is 6.10. The van der Waals surface area contributed by atoms with Gasteiger partial charge in [-0.3, -0.25) is 4.68 Å². The fourth-order valence-corrected chi connectivity index (χ4v) is 3.40. The van der Waals surface area contributed by atoms with E-state index >= 15 is 0 Å². The minimum absolute atomic E-state index is 0.113. The lowest BCUT2D eigenvalue weighted by atomic mass is 9.79. The Morgan fingerprint density at radius 2 is 2.26 bits per heavy atom. The van der Waals surface area contributed by atoms with Crippen LogP contribution in [-0.4, -0.2) is 28.1 Å². The molecule has 1 unspecified atom stereocenters. The summed E-state index contributed by atoms with van der Waals surface area (Å²) in [6.45, 7) is 3.82. The van der Waals surface area contributed by atoms with Crippen molar-refractivity contribution >= 4 is 0 Å². The molecule has 0 N–H and O–H groups in total. The topological polar surface area (TPSA) is 36.3 Å². The summed E-state index contributed by atoms with van der Waals surface area (Å²) in [6.07, 6.45) is 12.5. The molecule has 0 radical (unpaired) electrons. The number of nitrogens with zero attached hydrogens (tertiary/aromatic N) is 2. The van der Waals surface area contributed by atoms with E-state index in [1.807, 2.05) is 17.1 Å². The molecule has 1 aromatic rings. The Balaban J connectivity index is 1.61. The van der Waals surface area contributed by atoms with Gasteiger partial charge in [-0.25, -0.2) is 0 Å². The highest BCUT2D eigenvalue weighted by Crippen LogP contribution is 2.39. The normalized spacial score (nSPS) is 26.5. The Bertz CT molecular complexity index is 405. The lowest BCUT2D eigenvalue weighted by Crippen LogP contribution is -2.45. The molecule has 106 valence electrons. The second-order valence-corrected chi connectivity index (χ2v) is 5.86. The first-order chi connectivity index (χ1) is 9.30. The van der Waals surface area contributed by atoms with Crippen LogP contribution in [0.5, 0.6) is 5.75 Å². The minimum Gasteiger partial charge on any atom is -0.487 e. The summed E-state index contributed by atoms with van der Waals surface area (Å²) in [6, 6.07) is 0. The van der Waals surface area contributed by atoms with E-state index in [0.717, 1.165) is 31.7 Å². The Morgan fingerprint density at radius 3 is 3.00 bits per heavy atom. The zero-order chi connectivity index (χ0) is 13.1. The van der Waals surface area contributed by atoms with Crippen molar-refractivity contribution in [1.29, 1.82) is 0 Å². The van der Waals surface area contributed by atoms with Crippen LogP contribution in [0.25, 0.3) is 0 Å². The number of aromatic nitrogens is 2. The Kier molecular flexibility index (Phi) is 3.78. The van der Waals surface area contributed by atoms with Gasteiger partial charge >= 0.3 is 0 Å². The van der Waals surface area contributed by atoms with Gasteiger partial charge in [0, 0.05) is 19.4 Å². The average molecular weight is 264 g/mol. The van der Waals surface area contributed by atoms with Crippen LogP contribution in [0.4, 0.5) is 0 Å². The predicted octanol–water partition coefficient (Wildman–Crippen LogP) is 3.16. The molecule has 0 bridgehead atoms. The zero-order valence-corrected chi connectivity index (χ0v) is 11.8. The highest BCUT2D eigenvalue weighted by molar-refractivity contribution is 5.12. The van der Waals surface area contributed by atoms with Gasteiger partial charge in [-0.2, -0.15) is 5.10 Å². The molecule has 1 aliphatic carbocycles. The quantitative estimate of drug-likeness (QED) is 0.841. The summed E-state index contributed by atoms with van der Waals surface area (Å²) in [5.41, 5.74) is 0.113. The number of hydrogen-bond donors (Lipinski definition) is 0. The highest BCUT2D eigenvalue weighted by atomic mass is 16.5. The molecule has 1 atom stereocenters. The molecule has 1 spiro atoms. The molecule has 0 aromatic carbocycles. The van der Waals surface area contributed by atoms with Crippen molar-refractivity contribution in [1.82, 2.24) is 9.78 Å². The van der Waals surface area contributed by atoms with E-state index in [1.54, 1.807) is 0 Å². The van der Waals surface area contributed by atoms with Gasteiger partial charge in [-0.05, 0) is 19.8 Å². The number of ether oxygens (including phenoxy) is 2. The summed E-state index contributed by atoms with van der Waals surface area (Å²) in [5, 5.41) is 4.26. The van der Waals surface area contributed by atoms with E-state index in [2.05, 4.69) is 12.0 Å². The SMILES string of the molecule is CCn1cc(OC2CCOC3(CCCCC3)C2)cn1. The molecule has 1 saturated heterocycles. The van der Waals surface area contributed by atoms with Gasteiger partial charge in [0.15, 0.2) is 5.75 Å². The third-order valence-electron chi connectivity index (χ3n) is 4.45. The molecule has 2 fully saturated rings. The number of aryl methyl sites for hydroxylation is 1. The van der Waals surface area contributed by atoms with Gasteiger partial charge in [0.25, 0.3) is 0 Å².